The van der Waals surface area contributed by atoms with Crippen LogP contribution in [-0.2, 0) is 30.6 Å². The van der Waals surface area contributed by atoms with Crippen molar-refractivity contribution in [2.45, 2.75) is 45.8 Å². The number of carbonyl (C=O) groups excluding carboxylic acids is 1. The first-order chi connectivity index (χ1) is 9.64. The van der Waals surface area contributed by atoms with Crippen LogP contribution in [0.15, 0.2) is 28.7 Å². The molecule has 0 fully saturated rings. The van der Waals surface area contributed by atoms with Gasteiger partial charge in [0.1, 0.15) is 5.60 Å². The quantitative estimate of drug-likeness (QED) is 0.462. The Labute approximate surface area is 156 Å². The molecule has 0 aliphatic carbocycles. The SMILES string of the molecule is CC(O)[CH-]CC(=O)OC(C)(C)C.[CH-]=Cc1ccc(Br)cc1.[W+2]. The number of rotatable bonds is 4. The predicted molar refractivity (Wildman–Crippen MR) is 89.3 cm³/mol. The van der Waals surface area contributed by atoms with Gasteiger partial charge in [-0.25, -0.2) is 6.08 Å². The van der Waals surface area contributed by atoms with E-state index in [1.54, 1.807) is 13.0 Å². The van der Waals surface area contributed by atoms with E-state index in [1.807, 2.05) is 45.0 Å². The summed E-state index contributed by atoms with van der Waals surface area (Å²) in [7, 11) is 0. The fraction of sp³-hybridized carbons (Fsp3) is 0.412. The van der Waals surface area contributed by atoms with Crippen LogP contribution in [0.3, 0.4) is 0 Å². The zero-order valence-corrected chi connectivity index (χ0v) is 17.9. The van der Waals surface area contributed by atoms with Gasteiger partial charge in [0, 0.05) is 4.47 Å². The average Bonchev–Trinajstić information content (AvgIpc) is 2.36. The summed E-state index contributed by atoms with van der Waals surface area (Å²) in [5, 5.41) is 8.84. The Morgan fingerprint density at radius 2 is 1.91 bits per heavy atom. The Morgan fingerprint density at radius 1 is 1.41 bits per heavy atom. The first-order valence-electron chi connectivity index (χ1n) is 6.68. The number of aliphatic hydroxyl groups excluding tert-OH is 1. The molecule has 1 N–H and O–H groups in total. The molecule has 0 radical (unpaired) electrons. The smallest absolute Gasteiger partial charge is 0.462 e. The number of hydrogen-bond acceptors (Lipinski definition) is 3. The summed E-state index contributed by atoms with van der Waals surface area (Å²) in [6.07, 6.45) is 2.69. The number of benzene rings is 1. The zero-order chi connectivity index (χ0) is 16.5. The maximum Gasteiger partial charge on any atom is 2.00 e. The van der Waals surface area contributed by atoms with Crippen LogP contribution in [0, 0.1) is 13.0 Å². The first kappa shape index (κ1) is 23.8. The second-order valence-corrected chi connectivity index (χ2v) is 6.40. The van der Waals surface area contributed by atoms with Crippen molar-refractivity contribution in [2.75, 3.05) is 0 Å². The maximum absolute atomic E-state index is 11.0. The Hall–Kier alpha value is -0.442. The Kier molecular flexibility index (Phi) is 13.0. The van der Waals surface area contributed by atoms with Crippen LogP contribution in [0.4, 0.5) is 0 Å². The van der Waals surface area contributed by atoms with Gasteiger partial charge in [0.2, 0.25) is 0 Å². The van der Waals surface area contributed by atoms with Crippen LogP contribution in [0.1, 0.15) is 39.7 Å². The van der Waals surface area contributed by atoms with Crippen LogP contribution in [0.2, 0.25) is 0 Å². The van der Waals surface area contributed by atoms with Gasteiger partial charge >= 0.3 is 21.1 Å². The molecule has 1 unspecified atom stereocenters. The molecule has 0 aliphatic heterocycles. The van der Waals surface area contributed by atoms with Gasteiger partial charge in [-0.2, -0.15) is 5.56 Å². The molecule has 0 heterocycles. The van der Waals surface area contributed by atoms with Gasteiger partial charge < -0.3 is 9.84 Å². The molecule has 0 saturated heterocycles. The fourth-order valence-corrected chi connectivity index (χ4v) is 1.49. The second-order valence-electron chi connectivity index (χ2n) is 5.49. The van der Waals surface area contributed by atoms with Crippen molar-refractivity contribution in [3.8, 4) is 0 Å². The van der Waals surface area contributed by atoms with E-state index in [9.17, 15) is 4.79 Å². The number of hydrogen-bond donors (Lipinski definition) is 1. The van der Waals surface area contributed by atoms with E-state index in [4.69, 9.17) is 16.4 Å². The molecule has 0 spiro atoms. The van der Waals surface area contributed by atoms with E-state index in [1.165, 1.54) is 6.42 Å². The maximum atomic E-state index is 11.0. The number of ether oxygens (including phenoxy) is 1. The van der Waals surface area contributed by atoms with E-state index < -0.39 is 11.7 Å². The first-order valence-corrected chi connectivity index (χ1v) is 7.47. The molecule has 0 aromatic heterocycles. The number of halogens is 1. The van der Waals surface area contributed by atoms with Gasteiger partial charge in [0.25, 0.3) is 5.97 Å². The Bertz CT molecular complexity index is 436. The standard InChI is InChI=1S/C9H17O3.C8H6Br.W/c1-7(10)5-6-8(11)12-9(2,3)4;1-2-7-3-5-8(9)6-4-7;/h5,7,10H,6H2,1-4H3;1-6H;/q2*-1;+2. The molecular weight excluding hydrogens is 516 g/mol. The molecule has 22 heavy (non-hydrogen) atoms. The second kappa shape index (κ2) is 12.0. The van der Waals surface area contributed by atoms with Crippen molar-refractivity contribution in [3.05, 3.63) is 47.3 Å². The van der Waals surface area contributed by atoms with Crippen LogP contribution in [-0.4, -0.2) is 22.8 Å². The average molecular weight is 539 g/mol. The molecule has 1 rings (SSSR count). The summed E-state index contributed by atoms with van der Waals surface area (Å²) in [5.74, 6) is -0.302. The van der Waals surface area contributed by atoms with Crippen LogP contribution < -0.4 is 0 Å². The third-order valence-corrected chi connectivity index (χ3v) is 2.64. The minimum Gasteiger partial charge on any atom is -0.462 e. The summed E-state index contributed by atoms with van der Waals surface area (Å²) < 4.78 is 6.08. The predicted octanol–water partition coefficient (Wildman–Crippen LogP) is 4.20. The summed E-state index contributed by atoms with van der Waals surface area (Å²) in [5.41, 5.74) is 0.599. The zero-order valence-electron chi connectivity index (χ0n) is 13.4. The van der Waals surface area contributed by atoms with Crippen molar-refractivity contribution in [1.29, 1.82) is 0 Å². The normalized spacial score (nSPS) is 11.4. The number of aliphatic hydroxyl groups is 1. The number of carbonyl (C=O) groups is 1. The van der Waals surface area contributed by atoms with Crippen LogP contribution in [0.25, 0.3) is 6.08 Å². The van der Waals surface area contributed by atoms with E-state index in [0.29, 0.717) is 0 Å². The monoisotopic (exact) mass is 538 g/mol. The topological polar surface area (TPSA) is 46.5 Å². The van der Waals surface area contributed by atoms with E-state index in [-0.39, 0.29) is 33.5 Å². The minimum absolute atomic E-state index is 0. The Morgan fingerprint density at radius 3 is 2.27 bits per heavy atom. The molecular formula is C17H23BrO3W. The third-order valence-electron chi connectivity index (χ3n) is 2.11. The van der Waals surface area contributed by atoms with Crippen molar-refractivity contribution in [2.24, 2.45) is 0 Å². The summed E-state index contributed by atoms with van der Waals surface area (Å²) in [6.45, 7) is 12.3. The molecule has 3 nitrogen and oxygen atoms in total. The fourth-order valence-electron chi connectivity index (χ4n) is 1.22. The minimum atomic E-state index is -0.558. The molecule has 1 aromatic rings. The van der Waals surface area contributed by atoms with Crippen molar-refractivity contribution in [3.63, 3.8) is 0 Å². The molecule has 0 amide bonds. The molecule has 0 aliphatic rings. The van der Waals surface area contributed by atoms with Crippen molar-refractivity contribution in [1.82, 2.24) is 0 Å². The largest absolute Gasteiger partial charge is 2.00 e. The third kappa shape index (κ3) is 14.5. The summed E-state index contributed by atoms with van der Waals surface area (Å²) in [6, 6.07) is 7.81. The van der Waals surface area contributed by atoms with Gasteiger partial charge in [-0.05, 0) is 20.8 Å². The molecule has 1 aromatic carbocycles. The van der Waals surface area contributed by atoms with Crippen LogP contribution >= 0.6 is 15.9 Å². The van der Waals surface area contributed by atoms with Crippen molar-refractivity contribution < 1.29 is 35.7 Å². The summed E-state index contributed by atoms with van der Waals surface area (Å²) in [4.78, 5) is 11.0. The molecule has 0 bridgehead atoms. The van der Waals surface area contributed by atoms with E-state index in [2.05, 4.69) is 15.9 Å². The molecule has 122 valence electrons. The van der Waals surface area contributed by atoms with Crippen molar-refractivity contribution >= 4 is 28.0 Å². The van der Waals surface area contributed by atoms with Gasteiger partial charge in [0.15, 0.2) is 0 Å². The van der Waals surface area contributed by atoms with Gasteiger partial charge in [0.05, 0.1) is 0 Å². The molecule has 5 heteroatoms. The molecule has 0 saturated carbocycles. The van der Waals surface area contributed by atoms with Gasteiger partial charge in [-0.15, -0.1) is 12.1 Å². The van der Waals surface area contributed by atoms with E-state index in [0.717, 1.165) is 10.0 Å². The Balaban J connectivity index is 0. The van der Waals surface area contributed by atoms with Gasteiger partial charge in [-0.1, -0.05) is 47.5 Å². The summed E-state index contributed by atoms with van der Waals surface area (Å²) >= 11 is 3.32. The van der Waals surface area contributed by atoms with Crippen LogP contribution in [0.5, 0.6) is 0 Å². The van der Waals surface area contributed by atoms with Gasteiger partial charge in [-0.3, -0.25) is 17.8 Å². The van der Waals surface area contributed by atoms with E-state index >= 15 is 0 Å². The molecule has 1 atom stereocenters. The number of esters is 1.